The second kappa shape index (κ2) is 9.98. The lowest BCUT2D eigenvalue weighted by Gasteiger charge is -2.14. The molecular weight excluding hydrogens is 554 g/mol. The van der Waals surface area contributed by atoms with Crippen LogP contribution in [0.5, 0.6) is 5.75 Å². The molecule has 0 radical (unpaired) electrons. The highest BCUT2D eigenvalue weighted by atomic mass is 32.2. The highest BCUT2D eigenvalue weighted by Crippen LogP contribution is 2.32. The van der Waals surface area contributed by atoms with Gasteiger partial charge in [0.1, 0.15) is 46.8 Å². The second-order valence-electron chi connectivity index (χ2n) is 8.78. The van der Waals surface area contributed by atoms with Crippen molar-refractivity contribution in [2.45, 2.75) is 4.90 Å². The lowest BCUT2D eigenvalue weighted by atomic mass is 10.2. The van der Waals surface area contributed by atoms with Gasteiger partial charge >= 0.3 is 0 Å². The Balaban J connectivity index is 1.37. The number of fused-ring (bicyclic) bond motifs is 2. The van der Waals surface area contributed by atoms with Crippen LogP contribution in [0.4, 0.5) is 31.7 Å². The van der Waals surface area contributed by atoms with Crippen molar-refractivity contribution in [2.24, 2.45) is 0 Å². The molecule has 11 nitrogen and oxygen atoms in total. The molecule has 0 bridgehead atoms. The van der Waals surface area contributed by atoms with Gasteiger partial charge in [-0.2, -0.15) is 0 Å². The van der Waals surface area contributed by atoms with Crippen LogP contribution in [0.25, 0.3) is 27.9 Å². The third-order valence-corrected chi connectivity index (χ3v) is 7.65. The van der Waals surface area contributed by atoms with Crippen LogP contribution in [0.3, 0.4) is 0 Å². The van der Waals surface area contributed by atoms with E-state index >= 15 is 4.39 Å². The summed E-state index contributed by atoms with van der Waals surface area (Å²) in [5.74, 6) is -1.28. The van der Waals surface area contributed by atoms with Gasteiger partial charge in [-0.3, -0.25) is 9.29 Å². The van der Waals surface area contributed by atoms with Gasteiger partial charge in [-0.1, -0.05) is 6.07 Å². The lowest BCUT2D eigenvalue weighted by molar-refractivity contribution is 0.414. The molecule has 4 N–H and O–H groups in total. The number of nitrogens with two attached hydrogens (primary N) is 1. The maximum Gasteiger partial charge on any atom is 0.261 e. The fourth-order valence-corrected chi connectivity index (χ4v) is 5.28. The van der Waals surface area contributed by atoms with E-state index in [1.54, 1.807) is 35.2 Å². The van der Waals surface area contributed by atoms with E-state index < -0.39 is 33.0 Å². The normalized spacial score (nSPS) is 11.6. The Morgan fingerprint density at radius 2 is 1.73 bits per heavy atom. The summed E-state index contributed by atoms with van der Waals surface area (Å²) in [6.07, 6.45) is 2.77. The molecule has 0 aliphatic rings. The molecule has 0 atom stereocenters. The van der Waals surface area contributed by atoms with Crippen LogP contribution < -0.4 is 20.5 Å². The van der Waals surface area contributed by atoms with Gasteiger partial charge in [-0.25, -0.2) is 37.1 Å². The molecule has 0 aliphatic heterocycles. The first-order valence-corrected chi connectivity index (χ1v) is 13.5. The van der Waals surface area contributed by atoms with E-state index in [4.69, 9.17) is 10.5 Å². The monoisotopic (exact) mass is 574 g/mol. The van der Waals surface area contributed by atoms with E-state index in [1.807, 2.05) is 6.07 Å². The zero-order valence-corrected chi connectivity index (χ0v) is 22.0. The average molecular weight is 575 g/mol. The summed E-state index contributed by atoms with van der Waals surface area (Å²) in [6.45, 7) is 0. The third-order valence-electron chi connectivity index (χ3n) is 6.27. The number of halogens is 2. The molecule has 206 valence electrons. The Labute approximate surface area is 231 Å². The molecule has 0 fully saturated rings. The van der Waals surface area contributed by atoms with E-state index in [0.717, 1.165) is 12.1 Å². The van der Waals surface area contributed by atoms with Gasteiger partial charge in [0.25, 0.3) is 10.0 Å². The molecule has 0 aliphatic carbocycles. The predicted octanol–water partition coefficient (Wildman–Crippen LogP) is 4.78. The molecule has 3 aromatic carbocycles. The molecule has 3 aromatic heterocycles. The first kappa shape index (κ1) is 25.9. The van der Waals surface area contributed by atoms with Crippen molar-refractivity contribution in [1.82, 2.24) is 24.5 Å². The molecule has 0 saturated heterocycles. The van der Waals surface area contributed by atoms with Crippen molar-refractivity contribution in [3.8, 4) is 11.6 Å². The van der Waals surface area contributed by atoms with Crippen molar-refractivity contribution in [2.75, 3.05) is 22.9 Å². The molecule has 3 heterocycles. The average Bonchev–Trinajstić information content (AvgIpc) is 3.42. The zero-order chi connectivity index (χ0) is 28.7. The van der Waals surface area contributed by atoms with Crippen molar-refractivity contribution in [1.29, 1.82) is 0 Å². The number of sulfonamides is 1. The van der Waals surface area contributed by atoms with Crippen LogP contribution in [0.2, 0.25) is 0 Å². The summed E-state index contributed by atoms with van der Waals surface area (Å²) in [4.78, 5) is 17.2. The maximum atomic E-state index is 15.6. The van der Waals surface area contributed by atoms with Gasteiger partial charge in [0.15, 0.2) is 11.6 Å². The number of ether oxygens (including phenoxy) is 1. The lowest BCUT2D eigenvalue weighted by Crippen LogP contribution is -2.15. The van der Waals surface area contributed by atoms with E-state index in [0.29, 0.717) is 33.8 Å². The second-order valence-corrected chi connectivity index (χ2v) is 10.5. The van der Waals surface area contributed by atoms with Gasteiger partial charge < -0.3 is 15.8 Å². The number of nitrogen functional groups attached to an aromatic ring is 1. The number of hydrogen-bond donors (Lipinski definition) is 3. The Morgan fingerprint density at radius 3 is 2.51 bits per heavy atom. The number of aromatic nitrogens is 5. The summed E-state index contributed by atoms with van der Waals surface area (Å²) >= 11 is 0. The fourth-order valence-electron chi connectivity index (χ4n) is 4.22. The molecule has 14 heteroatoms. The predicted molar refractivity (Wildman–Crippen MR) is 150 cm³/mol. The van der Waals surface area contributed by atoms with Crippen molar-refractivity contribution >= 4 is 55.0 Å². The Morgan fingerprint density at radius 1 is 0.927 bits per heavy atom. The molecule has 0 unspecified atom stereocenters. The molecular formula is C27H20F2N8O3S. The first-order valence-electron chi connectivity index (χ1n) is 12.0. The maximum absolute atomic E-state index is 15.6. The van der Waals surface area contributed by atoms with Crippen LogP contribution in [-0.4, -0.2) is 40.0 Å². The minimum absolute atomic E-state index is 0.00579. The molecule has 6 aromatic rings. The summed E-state index contributed by atoms with van der Waals surface area (Å²) in [7, 11) is -2.76. The number of hydrogen-bond acceptors (Lipinski definition) is 9. The number of nitrogens with one attached hydrogen (secondary N) is 2. The molecule has 41 heavy (non-hydrogen) atoms. The highest BCUT2D eigenvalue weighted by molar-refractivity contribution is 7.92. The number of para-hydroxylation sites is 1. The number of methoxy groups -OCH3 is 1. The van der Waals surface area contributed by atoms with Crippen LogP contribution in [0.1, 0.15) is 0 Å². The topological polar surface area (TPSA) is 150 Å². The zero-order valence-electron chi connectivity index (χ0n) is 21.2. The Hall–Kier alpha value is -5.37. The summed E-state index contributed by atoms with van der Waals surface area (Å²) < 4.78 is 65.1. The van der Waals surface area contributed by atoms with Crippen LogP contribution >= 0.6 is 0 Å². The number of imidazole rings is 1. The standard InChI is InChI=1S/C27H20F2N8O3S/c1-40-15-5-7-16(8-6-15)41(38,39)36-19-10-9-17(28)24(23(19)29)35-27-26-20(31-13-32-27)11-12-22(34-26)37-14-33-25-18(30)3-2-4-21(25)37/h2-14,36H,30H2,1H3,(H,31,32,35). The van der Waals surface area contributed by atoms with Crippen LogP contribution in [-0.2, 0) is 10.0 Å². The highest BCUT2D eigenvalue weighted by Gasteiger charge is 2.21. The van der Waals surface area contributed by atoms with Crippen LogP contribution in [0, 0.1) is 11.6 Å². The van der Waals surface area contributed by atoms with Crippen molar-refractivity contribution < 1.29 is 21.9 Å². The van der Waals surface area contributed by atoms with E-state index in [2.05, 4.69) is 30.0 Å². The summed E-state index contributed by atoms with van der Waals surface area (Å²) in [6, 6.07) is 16.2. The largest absolute Gasteiger partial charge is 0.497 e. The van der Waals surface area contributed by atoms with Crippen LogP contribution in [0.15, 0.2) is 84.3 Å². The molecule has 0 saturated carbocycles. The van der Waals surface area contributed by atoms with Gasteiger partial charge in [-0.15, -0.1) is 0 Å². The number of anilines is 4. The Bertz CT molecular complexity index is 2050. The van der Waals surface area contributed by atoms with Crippen molar-refractivity contribution in [3.63, 3.8) is 0 Å². The summed E-state index contributed by atoms with van der Waals surface area (Å²) in [5.41, 5.74) is 7.32. The quantitative estimate of drug-likeness (QED) is 0.229. The minimum atomic E-state index is -4.20. The van der Waals surface area contributed by atoms with Gasteiger partial charge in [0.2, 0.25) is 0 Å². The molecule has 0 amide bonds. The van der Waals surface area contributed by atoms with Gasteiger partial charge in [0.05, 0.1) is 34.4 Å². The number of rotatable bonds is 7. The minimum Gasteiger partial charge on any atom is -0.497 e. The third kappa shape index (κ3) is 4.69. The number of benzene rings is 3. The van der Waals surface area contributed by atoms with Gasteiger partial charge in [-0.05, 0) is 60.7 Å². The Kier molecular flexibility index (Phi) is 6.30. The van der Waals surface area contributed by atoms with Gasteiger partial charge in [0, 0.05) is 0 Å². The fraction of sp³-hybridized carbons (Fsp3) is 0.0370. The molecule has 0 spiro atoms. The first-order chi connectivity index (χ1) is 19.7. The SMILES string of the molecule is COc1ccc(S(=O)(=O)Nc2ccc(F)c(Nc3ncnc4ccc(-n5cnc6c(N)cccc65)nc34)c2F)cc1. The molecule has 6 rings (SSSR count). The van der Waals surface area contributed by atoms with E-state index in [1.165, 1.54) is 37.7 Å². The number of pyridine rings is 1. The van der Waals surface area contributed by atoms with E-state index in [9.17, 15) is 12.8 Å². The van der Waals surface area contributed by atoms with E-state index in [-0.39, 0.29) is 16.2 Å². The van der Waals surface area contributed by atoms with Crippen molar-refractivity contribution in [3.05, 3.63) is 91.0 Å². The number of nitrogens with zero attached hydrogens (tertiary/aromatic N) is 5. The smallest absolute Gasteiger partial charge is 0.261 e. The summed E-state index contributed by atoms with van der Waals surface area (Å²) in [5, 5.41) is 2.62.